The molecule has 0 aliphatic carbocycles. The molecule has 0 bridgehead atoms. The molecular formula is C23H23NO2S. The first-order valence-corrected chi connectivity index (χ1v) is 9.99. The molecule has 0 aromatic heterocycles. The lowest BCUT2D eigenvalue weighted by Crippen LogP contribution is -2.30. The molecule has 138 valence electrons. The Kier molecular flexibility index (Phi) is 6.94. The zero-order chi connectivity index (χ0) is 18.9. The maximum atomic E-state index is 12.6. The van der Waals surface area contributed by atoms with Gasteiger partial charge in [-0.25, -0.2) is 0 Å². The molecular weight excluding hydrogens is 354 g/mol. The quantitative estimate of drug-likeness (QED) is 0.556. The van der Waals surface area contributed by atoms with E-state index in [2.05, 4.69) is 5.32 Å². The highest BCUT2D eigenvalue weighted by Gasteiger charge is 2.16. The normalized spacial score (nSPS) is 10.6. The lowest BCUT2D eigenvalue weighted by atomic mass is 9.99. The Hall–Kier alpha value is -2.72. The van der Waals surface area contributed by atoms with E-state index in [0.717, 1.165) is 21.8 Å². The molecule has 27 heavy (non-hydrogen) atoms. The Morgan fingerprint density at radius 3 is 1.96 bits per heavy atom. The predicted molar refractivity (Wildman–Crippen MR) is 111 cm³/mol. The van der Waals surface area contributed by atoms with Crippen LogP contribution in [-0.2, 0) is 4.79 Å². The average molecular weight is 378 g/mol. The van der Waals surface area contributed by atoms with Crippen LogP contribution >= 0.6 is 11.8 Å². The molecule has 4 heteroatoms. The van der Waals surface area contributed by atoms with E-state index in [1.807, 2.05) is 91.9 Å². The van der Waals surface area contributed by atoms with Gasteiger partial charge in [-0.3, -0.25) is 4.79 Å². The van der Waals surface area contributed by atoms with Crippen molar-refractivity contribution in [1.82, 2.24) is 5.32 Å². The first-order valence-electron chi connectivity index (χ1n) is 9.01. The summed E-state index contributed by atoms with van der Waals surface area (Å²) in [5, 5.41) is 3.17. The number of amides is 1. The summed E-state index contributed by atoms with van der Waals surface area (Å²) in [6.07, 6.45) is 0. The summed E-state index contributed by atoms with van der Waals surface area (Å²) >= 11 is 1.52. The molecule has 0 aliphatic rings. The molecule has 0 atom stereocenters. The molecule has 0 saturated carbocycles. The van der Waals surface area contributed by atoms with Crippen LogP contribution in [0.1, 0.15) is 24.1 Å². The summed E-state index contributed by atoms with van der Waals surface area (Å²) in [6, 6.07) is 27.8. The Bertz CT molecular complexity index is 796. The van der Waals surface area contributed by atoms with Gasteiger partial charge in [0.05, 0.1) is 18.4 Å². The van der Waals surface area contributed by atoms with E-state index in [1.165, 1.54) is 11.8 Å². The van der Waals surface area contributed by atoms with Gasteiger partial charge in [-0.15, -0.1) is 11.8 Å². The van der Waals surface area contributed by atoms with Crippen molar-refractivity contribution in [2.24, 2.45) is 0 Å². The van der Waals surface area contributed by atoms with Crippen LogP contribution in [0.15, 0.2) is 89.8 Å². The zero-order valence-electron chi connectivity index (χ0n) is 15.3. The lowest BCUT2D eigenvalue weighted by molar-refractivity contribution is -0.119. The lowest BCUT2D eigenvalue weighted by Gasteiger charge is -2.20. The number of thioether (sulfide) groups is 1. The van der Waals surface area contributed by atoms with Crippen LogP contribution in [0.5, 0.6) is 5.75 Å². The number of hydrogen-bond donors (Lipinski definition) is 1. The average Bonchev–Trinajstić information content (AvgIpc) is 2.73. The number of carbonyl (C=O) groups is 1. The fraction of sp³-hybridized carbons (Fsp3) is 0.174. The first-order chi connectivity index (χ1) is 13.3. The number of rotatable bonds is 8. The Balaban J connectivity index is 1.64. The number of benzene rings is 3. The van der Waals surface area contributed by atoms with Crippen molar-refractivity contribution in [3.05, 3.63) is 96.1 Å². The highest BCUT2D eigenvalue weighted by molar-refractivity contribution is 8.00. The van der Waals surface area contributed by atoms with E-state index in [9.17, 15) is 4.79 Å². The fourth-order valence-corrected chi connectivity index (χ4v) is 3.51. The Labute approximate surface area is 164 Å². The number of hydrogen-bond acceptors (Lipinski definition) is 3. The second kappa shape index (κ2) is 9.83. The summed E-state index contributed by atoms with van der Waals surface area (Å²) in [5.41, 5.74) is 2.14. The van der Waals surface area contributed by atoms with Crippen molar-refractivity contribution in [1.29, 1.82) is 0 Å². The predicted octanol–water partition coefficient (Wildman–Crippen LogP) is 5.08. The summed E-state index contributed by atoms with van der Waals surface area (Å²) < 4.78 is 5.45. The third kappa shape index (κ3) is 5.63. The standard InChI is InChI=1S/C23H23NO2S/c1-2-26-20-13-15-21(16-14-20)27-17-22(25)24-23(18-9-5-3-6-10-18)19-11-7-4-8-12-19/h3-16,23H,2,17H2,1H3,(H,24,25). The van der Waals surface area contributed by atoms with Crippen LogP contribution in [0.3, 0.4) is 0 Å². The minimum Gasteiger partial charge on any atom is -0.494 e. The third-order valence-electron chi connectivity index (χ3n) is 4.08. The van der Waals surface area contributed by atoms with Crippen LogP contribution in [-0.4, -0.2) is 18.3 Å². The summed E-state index contributed by atoms with van der Waals surface area (Å²) in [5.74, 6) is 1.22. The Morgan fingerprint density at radius 2 is 1.44 bits per heavy atom. The van der Waals surface area contributed by atoms with Gasteiger partial charge in [-0.05, 0) is 42.3 Å². The van der Waals surface area contributed by atoms with Crippen LogP contribution in [0.25, 0.3) is 0 Å². The first kappa shape index (κ1) is 19.1. The van der Waals surface area contributed by atoms with E-state index in [-0.39, 0.29) is 11.9 Å². The van der Waals surface area contributed by atoms with E-state index >= 15 is 0 Å². The maximum absolute atomic E-state index is 12.6. The van der Waals surface area contributed by atoms with E-state index in [0.29, 0.717) is 12.4 Å². The van der Waals surface area contributed by atoms with Gasteiger partial charge < -0.3 is 10.1 Å². The SMILES string of the molecule is CCOc1ccc(SCC(=O)NC(c2ccccc2)c2ccccc2)cc1. The molecule has 0 fully saturated rings. The molecule has 0 heterocycles. The summed E-state index contributed by atoms with van der Waals surface area (Å²) in [7, 11) is 0. The maximum Gasteiger partial charge on any atom is 0.231 e. The molecule has 0 aliphatic heterocycles. The highest BCUT2D eigenvalue weighted by Crippen LogP contribution is 2.24. The van der Waals surface area contributed by atoms with Gasteiger partial charge in [0.2, 0.25) is 5.91 Å². The number of ether oxygens (including phenoxy) is 1. The molecule has 1 N–H and O–H groups in total. The van der Waals surface area contributed by atoms with Crippen molar-refractivity contribution in [3.8, 4) is 5.75 Å². The van der Waals surface area contributed by atoms with Gasteiger partial charge in [0.25, 0.3) is 0 Å². The second-order valence-electron chi connectivity index (χ2n) is 6.01. The third-order valence-corrected chi connectivity index (χ3v) is 5.09. The molecule has 0 saturated heterocycles. The molecule has 3 rings (SSSR count). The van der Waals surface area contributed by atoms with Crippen LogP contribution < -0.4 is 10.1 Å². The molecule has 3 aromatic rings. The largest absolute Gasteiger partial charge is 0.494 e. The molecule has 0 spiro atoms. The van der Waals surface area contributed by atoms with Crippen molar-refractivity contribution < 1.29 is 9.53 Å². The molecule has 0 radical (unpaired) electrons. The van der Waals surface area contributed by atoms with Gasteiger partial charge >= 0.3 is 0 Å². The summed E-state index contributed by atoms with van der Waals surface area (Å²) in [4.78, 5) is 13.6. The van der Waals surface area contributed by atoms with Gasteiger partial charge in [0.15, 0.2) is 0 Å². The second-order valence-corrected chi connectivity index (χ2v) is 7.06. The van der Waals surface area contributed by atoms with Crippen molar-refractivity contribution in [2.45, 2.75) is 17.9 Å². The smallest absolute Gasteiger partial charge is 0.231 e. The van der Waals surface area contributed by atoms with Gasteiger partial charge in [-0.1, -0.05) is 60.7 Å². The van der Waals surface area contributed by atoms with Crippen molar-refractivity contribution >= 4 is 17.7 Å². The molecule has 0 unspecified atom stereocenters. The van der Waals surface area contributed by atoms with Crippen molar-refractivity contribution in [3.63, 3.8) is 0 Å². The van der Waals surface area contributed by atoms with Gasteiger partial charge in [0.1, 0.15) is 5.75 Å². The van der Waals surface area contributed by atoms with E-state index in [1.54, 1.807) is 0 Å². The topological polar surface area (TPSA) is 38.3 Å². The Morgan fingerprint density at radius 1 is 0.889 bits per heavy atom. The van der Waals surface area contributed by atoms with Crippen LogP contribution in [0.4, 0.5) is 0 Å². The molecule has 1 amide bonds. The van der Waals surface area contributed by atoms with Gasteiger partial charge in [0, 0.05) is 4.90 Å². The van der Waals surface area contributed by atoms with E-state index < -0.39 is 0 Å². The zero-order valence-corrected chi connectivity index (χ0v) is 16.1. The molecule has 3 aromatic carbocycles. The van der Waals surface area contributed by atoms with Crippen LogP contribution in [0.2, 0.25) is 0 Å². The minimum absolute atomic E-state index is 0.00610. The monoisotopic (exact) mass is 377 g/mol. The number of nitrogens with one attached hydrogen (secondary N) is 1. The van der Waals surface area contributed by atoms with Gasteiger partial charge in [-0.2, -0.15) is 0 Å². The highest BCUT2D eigenvalue weighted by atomic mass is 32.2. The fourth-order valence-electron chi connectivity index (χ4n) is 2.80. The van der Waals surface area contributed by atoms with Crippen LogP contribution in [0, 0.1) is 0 Å². The van der Waals surface area contributed by atoms with E-state index in [4.69, 9.17) is 4.74 Å². The molecule has 3 nitrogen and oxygen atoms in total. The van der Waals surface area contributed by atoms with Crippen molar-refractivity contribution in [2.75, 3.05) is 12.4 Å². The summed E-state index contributed by atoms with van der Waals surface area (Å²) in [6.45, 7) is 2.61. The minimum atomic E-state index is -0.152. The number of carbonyl (C=O) groups excluding carboxylic acids is 1.